The average Bonchev–Trinajstić information content (AvgIpc) is 3.07. The Morgan fingerprint density at radius 2 is 2.35 bits per heavy atom. The number of nitrogens with zero attached hydrogens (tertiary/aromatic N) is 1. The van der Waals surface area contributed by atoms with Gasteiger partial charge in [0.05, 0.1) is 4.47 Å². The van der Waals surface area contributed by atoms with Gasteiger partial charge in [0, 0.05) is 18.7 Å². The van der Waals surface area contributed by atoms with Crippen LogP contribution in [0, 0.1) is 5.92 Å². The minimum atomic E-state index is 0.0580. The summed E-state index contributed by atoms with van der Waals surface area (Å²) in [6, 6.07) is 3.57. The lowest BCUT2D eigenvalue weighted by atomic mass is 10.1. The van der Waals surface area contributed by atoms with Crippen LogP contribution in [0.3, 0.4) is 0 Å². The summed E-state index contributed by atoms with van der Waals surface area (Å²) in [6.07, 6.45) is 1.05. The first-order valence-corrected chi connectivity index (χ1v) is 7.51. The van der Waals surface area contributed by atoms with E-state index in [9.17, 15) is 4.79 Å². The van der Waals surface area contributed by atoms with Gasteiger partial charge in [-0.1, -0.05) is 0 Å². The van der Waals surface area contributed by atoms with Crippen LogP contribution in [0.5, 0.6) is 11.5 Å². The molecule has 0 radical (unpaired) electrons. The van der Waals surface area contributed by atoms with Gasteiger partial charge in [-0.05, 0) is 54.0 Å². The predicted octanol–water partition coefficient (Wildman–Crippen LogP) is 1.86. The van der Waals surface area contributed by atoms with E-state index >= 15 is 0 Å². The molecule has 2 aliphatic rings. The molecule has 1 saturated heterocycles. The number of fused-ring (bicyclic) bond motifs is 1. The molecule has 0 saturated carbocycles. The van der Waals surface area contributed by atoms with Crippen LogP contribution in [-0.4, -0.2) is 44.3 Å². The molecule has 2 heterocycles. The largest absolute Gasteiger partial charge is 0.454 e. The highest BCUT2D eigenvalue weighted by Crippen LogP contribution is 2.40. The Labute approximate surface area is 126 Å². The van der Waals surface area contributed by atoms with E-state index < -0.39 is 0 Å². The smallest absolute Gasteiger partial charge is 0.254 e. The molecule has 20 heavy (non-hydrogen) atoms. The summed E-state index contributed by atoms with van der Waals surface area (Å²) in [5, 5.41) is 3.17. The van der Waals surface area contributed by atoms with Crippen molar-refractivity contribution in [3.05, 3.63) is 22.2 Å². The highest BCUT2D eigenvalue weighted by Gasteiger charge is 2.28. The van der Waals surface area contributed by atoms with E-state index in [-0.39, 0.29) is 12.7 Å². The monoisotopic (exact) mass is 340 g/mol. The third-order valence-electron chi connectivity index (χ3n) is 3.74. The van der Waals surface area contributed by atoms with Gasteiger partial charge in [0.25, 0.3) is 5.91 Å². The number of ether oxygens (including phenoxy) is 2. The van der Waals surface area contributed by atoms with Crippen molar-refractivity contribution < 1.29 is 14.3 Å². The molecular formula is C14H17BrN2O3. The number of carbonyl (C=O) groups is 1. The van der Waals surface area contributed by atoms with Crippen LogP contribution < -0.4 is 14.8 Å². The standard InChI is InChI=1S/C14H17BrN2O3/c1-16-6-9-2-3-17(7-9)14(18)10-4-11(15)13-12(5-10)19-8-20-13/h4-5,9,16H,2-3,6-8H2,1H3/t9-/m1/s1. The fraction of sp³-hybridized carbons (Fsp3) is 0.500. The molecule has 0 bridgehead atoms. The van der Waals surface area contributed by atoms with Crippen LogP contribution in [0.1, 0.15) is 16.8 Å². The number of benzene rings is 1. The maximum absolute atomic E-state index is 12.5. The topological polar surface area (TPSA) is 50.8 Å². The Balaban J connectivity index is 1.77. The zero-order valence-corrected chi connectivity index (χ0v) is 12.9. The molecule has 1 N–H and O–H groups in total. The van der Waals surface area contributed by atoms with Gasteiger partial charge < -0.3 is 19.7 Å². The molecule has 5 nitrogen and oxygen atoms in total. The summed E-state index contributed by atoms with van der Waals surface area (Å²) >= 11 is 3.43. The second kappa shape index (κ2) is 5.61. The first-order valence-electron chi connectivity index (χ1n) is 6.72. The van der Waals surface area contributed by atoms with Crippen LogP contribution in [0.2, 0.25) is 0 Å². The summed E-state index contributed by atoms with van der Waals surface area (Å²) in [4.78, 5) is 14.4. The van der Waals surface area contributed by atoms with Gasteiger partial charge in [0.15, 0.2) is 11.5 Å². The first kappa shape index (κ1) is 13.7. The number of halogens is 1. The lowest BCUT2D eigenvalue weighted by Gasteiger charge is -2.17. The molecule has 2 aliphatic heterocycles. The minimum Gasteiger partial charge on any atom is -0.454 e. The predicted molar refractivity (Wildman–Crippen MR) is 78.2 cm³/mol. The van der Waals surface area contributed by atoms with Crippen molar-refractivity contribution in [1.82, 2.24) is 10.2 Å². The molecule has 1 atom stereocenters. The number of rotatable bonds is 3. The zero-order valence-electron chi connectivity index (χ0n) is 11.3. The molecule has 1 aromatic carbocycles. The van der Waals surface area contributed by atoms with E-state index in [0.717, 1.165) is 30.5 Å². The fourth-order valence-electron chi connectivity index (χ4n) is 2.75. The second-order valence-electron chi connectivity index (χ2n) is 5.16. The van der Waals surface area contributed by atoms with E-state index in [1.165, 1.54) is 0 Å². The molecule has 0 unspecified atom stereocenters. The molecular weight excluding hydrogens is 324 g/mol. The van der Waals surface area contributed by atoms with Crippen molar-refractivity contribution in [1.29, 1.82) is 0 Å². The van der Waals surface area contributed by atoms with Crippen molar-refractivity contribution in [3.63, 3.8) is 0 Å². The van der Waals surface area contributed by atoms with Crippen molar-refractivity contribution in [2.24, 2.45) is 5.92 Å². The zero-order chi connectivity index (χ0) is 14.1. The number of carbonyl (C=O) groups excluding carboxylic acids is 1. The average molecular weight is 341 g/mol. The third-order valence-corrected chi connectivity index (χ3v) is 4.33. The van der Waals surface area contributed by atoms with Gasteiger partial charge in [-0.15, -0.1) is 0 Å². The molecule has 1 aromatic rings. The number of likely N-dealkylation sites (tertiary alicyclic amines) is 1. The summed E-state index contributed by atoms with van der Waals surface area (Å²) < 4.78 is 11.5. The van der Waals surface area contributed by atoms with Gasteiger partial charge in [0.1, 0.15) is 0 Å². The van der Waals surface area contributed by atoms with Gasteiger partial charge in [0.2, 0.25) is 6.79 Å². The normalized spacial score (nSPS) is 20.5. The number of nitrogens with one attached hydrogen (secondary N) is 1. The number of amides is 1. The van der Waals surface area contributed by atoms with Crippen LogP contribution >= 0.6 is 15.9 Å². The summed E-state index contributed by atoms with van der Waals surface area (Å²) in [7, 11) is 1.94. The van der Waals surface area contributed by atoms with E-state index in [4.69, 9.17) is 9.47 Å². The van der Waals surface area contributed by atoms with Gasteiger partial charge in [-0.3, -0.25) is 4.79 Å². The second-order valence-corrected chi connectivity index (χ2v) is 6.01. The maximum Gasteiger partial charge on any atom is 0.254 e. The highest BCUT2D eigenvalue weighted by atomic mass is 79.9. The van der Waals surface area contributed by atoms with Crippen LogP contribution in [0.15, 0.2) is 16.6 Å². The van der Waals surface area contributed by atoms with Gasteiger partial charge in [-0.2, -0.15) is 0 Å². The number of hydrogen-bond acceptors (Lipinski definition) is 4. The molecule has 6 heteroatoms. The van der Waals surface area contributed by atoms with Crippen LogP contribution in [0.25, 0.3) is 0 Å². The van der Waals surface area contributed by atoms with Crippen LogP contribution in [0.4, 0.5) is 0 Å². The van der Waals surface area contributed by atoms with Crippen molar-refractivity contribution in [2.45, 2.75) is 6.42 Å². The van der Waals surface area contributed by atoms with Crippen LogP contribution in [-0.2, 0) is 0 Å². The van der Waals surface area contributed by atoms with Gasteiger partial charge in [-0.25, -0.2) is 0 Å². The quantitative estimate of drug-likeness (QED) is 0.912. The third kappa shape index (κ3) is 2.50. The molecule has 1 amide bonds. The number of hydrogen-bond donors (Lipinski definition) is 1. The Hall–Kier alpha value is -1.27. The maximum atomic E-state index is 12.5. The lowest BCUT2D eigenvalue weighted by molar-refractivity contribution is 0.0786. The summed E-state index contributed by atoms with van der Waals surface area (Å²) in [5.74, 6) is 1.91. The first-order chi connectivity index (χ1) is 9.69. The molecule has 1 fully saturated rings. The SMILES string of the molecule is CNC[C@H]1CCN(C(=O)c2cc(Br)c3c(c2)OCO3)C1. The molecule has 0 aliphatic carbocycles. The Morgan fingerprint density at radius 3 is 3.15 bits per heavy atom. The fourth-order valence-corrected chi connectivity index (χ4v) is 3.30. The van der Waals surface area contributed by atoms with Crippen molar-refractivity contribution in [2.75, 3.05) is 33.5 Å². The molecule has 0 aromatic heterocycles. The van der Waals surface area contributed by atoms with Crippen molar-refractivity contribution in [3.8, 4) is 11.5 Å². The van der Waals surface area contributed by atoms with E-state index in [1.807, 2.05) is 11.9 Å². The molecule has 3 rings (SSSR count). The summed E-state index contributed by atoms with van der Waals surface area (Å²) in [5.41, 5.74) is 0.645. The Bertz CT molecular complexity index is 535. The van der Waals surface area contributed by atoms with Crippen molar-refractivity contribution >= 4 is 21.8 Å². The molecule has 0 spiro atoms. The lowest BCUT2D eigenvalue weighted by Crippen LogP contribution is -2.30. The summed E-state index contributed by atoms with van der Waals surface area (Å²) in [6.45, 7) is 2.79. The van der Waals surface area contributed by atoms with E-state index in [2.05, 4.69) is 21.2 Å². The van der Waals surface area contributed by atoms with E-state index in [1.54, 1.807) is 12.1 Å². The molecule has 108 valence electrons. The minimum absolute atomic E-state index is 0.0580. The Kier molecular flexibility index (Phi) is 3.85. The Morgan fingerprint density at radius 1 is 1.50 bits per heavy atom. The van der Waals surface area contributed by atoms with Gasteiger partial charge >= 0.3 is 0 Å². The highest BCUT2D eigenvalue weighted by molar-refractivity contribution is 9.10. The van der Waals surface area contributed by atoms with E-state index in [0.29, 0.717) is 23.0 Å².